The molecule has 0 atom stereocenters. The van der Waals surface area contributed by atoms with E-state index in [1.165, 1.54) is 37.4 Å². The van der Waals surface area contributed by atoms with Gasteiger partial charge in [0.2, 0.25) is 5.78 Å². The van der Waals surface area contributed by atoms with Crippen LogP contribution in [0.25, 0.3) is 10.9 Å². The first-order valence-corrected chi connectivity index (χ1v) is 11.2. The zero-order chi connectivity index (χ0) is 27.3. The number of aromatic amines is 1. The quantitative estimate of drug-likeness (QED) is 0.228. The van der Waals surface area contributed by atoms with Gasteiger partial charge in [0.05, 0.1) is 23.9 Å². The number of methoxy groups -OCH3 is 1. The number of aromatic nitrogens is 1. The van der Waals surface area contributed by atoms with Crippen LogP contribution >= 0.6 is 0 Å². The summed E-state index contributed by atoms with van der Waals surface area (Å²) in [6.07, 6.45) is -3.09. The van der Waals surface area contributed by atoms with E-state index in [0.29, 0.717) is 10.9 Å². The molecule has 0 spiro atoms. The van der Waals surface area contributed by atoms with E-state index in [4.69, 9.17) is 14.2 Å². The smallest absolute Gasteiger partial charge is 0.418 e. The molecular formula is C27H21F3N2O6. The van der Waals surface area contributed by atoms with Crippen molar-refractivity contribution in [3.05, 3.63) is 89.6 Å². The molecule has 0 radical (unpaired) electrons. The molecule has 11 heteroatoms. The number of benzene rings is 3. The summed E-state index contributed by atoms with van der Waals surface area (Å²) < 4.78 is 55.1. The second kappa shape index (κ2) is 11.1. The number of Topliss-reactive ketones (excluding diaryl/α,β-unsaturated/α-hetero) is 1. The van der Waals surface area contributed by atoms with Crippen molar-refractivity contribution in [1.82, 2.24) is 4.98 Å². The molecule has 1 aromatic heterocycles. The Morgan fingerprint density at radius 1 is 0.921 bits per heavy atom. The Morgan fingerprint density at radius 3 is 2.42 bits per heavy atom. The number of anilines is 1. The number of carbonyl (C=O) groups excluding carboxylic acids is 3. The van der Waals surface area contributed by atoms with Crippen molar-refractivity contribution in [2.24, 2.45) is 0 Å². The Hall–Kier alpha value is -4.80. The van der Waals surface area contributed by atoms with Gasteiger partial charge in [0.1, 0.15) is 0 Å². The topological polar surface area (TPSA) is 107 Å². The maximum absolute atomic E-state index is 13.1. The highest BCUT2D eigenvalue weighted by atomic mass is 19.4. The number of amides is 1. The zero-order valence-corrected chi connectivity index (χ0v) is 19.9. The van der Waals surface area contributed by atoms with Crippen LogP contribution in [0.3, 0.4) is 0 Å². The second-order valence-electron chi connectivity index (χ2n) is 7.99. The van der Waals surface area contributed by atoms with E-state index in [0.717, 1.165) is 17.6 Å². The van der Waals surface area contributed by atoms with E-state index in [9.17, 15) is 27.6 Å². The van der Waals surface area contributed by atoms with Gasteiger partial charge in [-0.2, -0.15) is 13.2 Å². The first-order chi connectivity index (χ1) is 18.2. The van der Waals surface area contributed by atoms with Crippen LogP contribution < -0.4 is 14.8 Å². The summed E-state index contributed by atoms with van der Waals surface area (Å²) >= 11 is 0. The molecule has 0 aliphatic rings. The number of hydrogen-bond donors (Lipinski definition) is 2. The zero-order valence-electron chi connectivity index (χ0n) is 19.9. The number of ether oxygens (including phenoxy) is 3. The number of carbonyl (C=O) groups is 3. The van der Waals surface area contributed by atoms with Crippen LogP contribution in [-0.2, 0) is 15.7 Å². The highest BCUT2D eigenvalue weighted by Gasteiger charge is 2.33. The van der Waals surface area contributed by atoms with Crippen LogP contribution in [0, 0.1) is 0 Å². The molecule has 0 bridgehead atoms. The van der Waals surface area contributed by atoms with E-state index >= 15 is 0 Å². The fourth-order valence-corrected chi connectivity index (χ4v) is 3.68. The first kappa shape index (κ1) is 26.3. The Morgan fingerprint density at radius 2 is 1.66 bits per heavy atom. The lowest BCUT2D eigenvalue weighted by atomic mass is 10.1. The lowest BCUT2D eigenvalue weighted by molar-refractivity contribution is -0.137. The fraction of sp³-hybridized carbons (Fsp3) is 0.148. The molecule has 0 unspecified atom stereocenters. The van der Waals surface area contributed by atoms with Crippen LogP contribution in [0.15, 0.2) is 72.9 Å². The van der Waals surface area contributed by atoms with Gasteiger partial charge in [-0.25, -0.2) is 4.79 Å². The number of H-pyrrole nitrogens is 1. The number of halogens is 3. The van der Waals surface area contributed by atoms with Gasteiger partial charge in [0, 0.05) is 22.7 Å². The number of para-hydroxylation sites is 2. The average molecular weight is 526 g/mol. The molecule has 3 aromatic carbocycles. The number of nitrogens with one attached hydrogen (secondary N) is 2. The maximum atomic E-state index is 13.1. The number of ketones is 1. The van der Waals surface area contributed by atoms with Gasteiger partial charge in [-0.05, 0) is 36.4 Å². The summed E-state index contributed by atoms with van der Waals surface area (Å²) in [5.41, 5.74) is -0.158. The van der Waals surface area contributed by atoms with Crippen LogP contribution in [0.4, 0.5) is 18.9 Å². The molecule has 0 fully saturated rings. The maximum Gasteiger partial charge on any atom is 0.418 e. The second-order valence-corrected chi connectivity index (χ2v) is 7.99. The Labute approximate surface area is 214 Å². The van der Waals surface area contributed by atoms with Gasteiger partial charge < -0.3 is 24.5 Å². The minimum atomic E-state index is -4.64. The van der Waals surface area contributed by atoms with Gasteiger partial charge in [0.15, 0.2) is 24.7 Å². The standard InChI is InChI=1S/C27H21F3N2O6/c1-36-24-12-16(26(35)38-14-22(33)18-13-31-20-8-4-2-6-17(18)20)10-11-23(24)37-15-25(34)32-21-9-5-3-7-19(21)27(28,29)30/h2-13,31H,14-15H2,1H3,(H,32,34). The highest BCUT2D eigenvalue weighted by molar-refractivity contribution is 6.09. The Balaban J connectivity index is 1.36. The molecule has 1 amide bonds. The van der Waals surface area contributed by atoms with Gasteiger partial charge in [-0.1, -0.05) is 30.3 Å². The number of fused-ring (bicyclic) bond motifs is 1. The number of hydrogen-bond acceptors (Lipinski definition) is 6. The van der Waals surface area contributed by atoms with Crippen LogP contribution in [0.5, 0.6) is 11.5 Å². The summed E-state index contributed by atoms with van der Waals surface area (Å²) in [6, 6.07) is 15.7. The summed E-state index contributed by atoms with van der Waals surface area (Å²) in [5, 5.41) is 2.88. The molecule has 38 heavy (non-hydrogen) atoms. The largest absolute Gasteiger partial charge is 0.493 e. The predicted molar refractivity (Wildman–Crippen MR) is 131 cm³/mol. The van der Waals surface area contributed by atoms with Crippen molar-refractivity contribution in [1.29, 1.82) is 0 Å². The van der Waals surface area contributed by atoms with Crippen molar-refractivity contribution in [3.8, 4) is 11.5 Å². The van der Waals surface area contributed by atoms with E-state index in [1.54, 1.807) is 18.3 Å². The third kappa shape index (κ3) is 5.94. The summed E-state index contributed by atoms with van der Waals surface area (Å²) in [6.45, 7) is -1.10. The molecule has 0 aliphatic carbocycles. The monoisotopic (exact) mass is 526 g/mol. The van der Waals surface area contributed by atoms with Crippen LogP contribution in [-0.4, -0.2) is 43.0 Å². The first-order valence-electron chi connectivity index (χ1n) is 11.2. The van der Waals surface area contributed by atoms with E-state index < -0.39 is 42.5 Å². The molecule has 1 heterocycles. The van der Waals surface area contributed by atoms with Crippen molar-refractivity contribution < 1.29 is 41.8 Å². The lowest BCUT2D eigenvalue weighted by Gasteiger charge is -2.15. The molecule has 8 nitrogen and oxygen atoms in total. The summed E-state index contributed by atoms with van der Waals surface area (Å²) in [4.78, 5) is 40.3. The Kier molecular flexibility index (Phi) is 7.66. The molecule has 0 saturated heterocycles. The molecular weight excluding hydrogens is 505 g/mol. The van der Waals surface area contributed by atoms with Crippen molar-refractivity contribution in [2.45, 2.75) is 6.18 Å². The van der Waals surface area contributed by atoms with Gasteiger partial charge >= 0.3 is 12.1 Å². The van der Waals surface area contributed by atoms with Crippen LogP contribution in [0.1, 0.15) is 26.3 Å². The molecule has 0 saturated carbocycles. The van der Waals surface area contributed by atoms with Gasteiger partial charge in [-0.15, -0.1) is 0 Å². The molecule has 4 rings (SSSR count). The van der Waals surface area contributed by atoms with Crippen molar-refractivity contribution >= 4 is 34.3 Å². The highest BCUT2D eigenvalue weighted by Crippen LogP contribution is 2.34. The SMILES string of the molecule is COc1cc(C(=O)OCC(=O)c2c[nH]c3ccccc23)ccc1OCC(=O)Nc1ccccc1C(F)(F)F. The van der Waals surface area contributed by atoms with E-state index in [-0.39, 0.29) is 22.8 Å². The van der Waals surface area contributed by atoms with E-state index in [1.807, 2.05) is 12.1 Å². The van der Waals surface area contributed by atoms with Crippen molar-refractivity contribution in [2.75, 3.05) is 25.6 Å². The average Bonchev–Trinajstić information content (AvgIpc) is 3.34. The number of esters is 1. The third-order valence-electron chi connectivity index (χ3n) is 5.49. The van der Waals surface area contributed by atoms with E-state index in [2.05, 4.69) is 10.3 Å². The lowest BCUT2D eigenvalue weighted by Crippen LogP contribution is -2.22. The predicted octanol–water partition coefficient (Wildman–Crippen LogP) is 5.25. The summed E-state index contributed by atoms with van der Waals surface area (Å²) in [5.74, 6) is -1.86. The van der Waals surface area contributed by atoms with Crippen LogP contribution in [0.2, 0.25) is 0 Å². The minimum absolute atomic E-state index is 0.0597. The summed E-state index contributed by atoms with van der Waals surface area (Å²) in [7, 11) is 1.30. The molecule has 2 N–H and O–H groups in total. The molecule has 4 aromatic rings. The minimum Gasteiger partial charge on any atom is -0.493 e. The van der Waals surface area contributed by atoms with Crippen molar-refractivity contribution in [3.63, 3.8) is 0 Å². The van der Waals surface area contributed by atoms with Gasteiger partial charge in [0.25, 0.3) is 5.91 Å². The normalized spacial score (nSPS) is 11.2. The molecule has 196 valence electrons. The van der Waals surface area contributed by atoms with Gasteiger partial charge in [-0.3, -0.25) is 9.59 Å². The number of alkyl halides is 3. The fourth-order valence-electron chi connectivity index (χ4n) is 3.68. The number of rotatable bonds is 9. The molecule has 0 aliphatic heterocycles. The Bertz CT molecular complexity index is 1500. The third-order valence-corrected chi connectivity index (χ3v) is 5.49.